The van der Waals surface area contributed by atoms with Gasteiger partial charge in [-0.15, -0.1) is 0 Å². The van der Waals surface area contributed by atoms with Gasteiger partial charge in [-0.1, -0.05) is 27.7 Å². The molecule has 0 aromatic heterocycles. The number of hydrogen-bond donors (Lipinski definition) is 9. The average Bonchev–Trinajstić information content (AvgIpc) is 2.87. The Balaban J connectivity index is 5.94. The number of nitrogens with two attached hydrogens (primary N) is 1. The third-order valence-corrected chi connectivity index (χ3v) is 6.32. The van der Waals surface area contributed by atoms with Gasteiger partial charge in [0.1, 0.15) is 30.2 Å². The maximum Gasteiger partial charge on any atom is 0.303 e. The Kier molecular flexibility index (Phi) is 16.8. The normalized spacial score (nSPS) is 14.5. The summed E-state index contributed by atoms with van der Waals surface area (Å²) in [4.78, 5) is 97.4. The van der Waals surface area contributed by atoms with Crippen molar-refractivity contribution in [3.05, 3.63) is 0 Å². The van der Waals surface area contributed by atoms with Crippen LogP contribution in [0, 0.1) is 11.8 Å². The molecule has 0 aromatic rings. The van der Waals surface area contributed by atoms with Crippen LogP contribution in [-0.2, 0) is 38.4 Å². The number of carboxylic acids is 2. The molecule has 0 rings (SSSR count). The van der Waals surface area contributed by atoms with E-state index in [0.29, 0.717) is 0 Å². The van der Waals surface area contributed by atoms with E-state index >= 15 is 0 Å². The molecule has 9 N–H and O–H groups in total. The van der Waals surface area contributed by atoms with Crippen LogP contribution in [0.3, 0.4) is 0 Å². The van der Waals surface area contributed by atoms with Gasteiger partial charge in [-0.25, -0.2) is 0 Å². The Morgan fingerprint density at radius 1 is 0.619 bits per heavy atom. The molecule has 0 aliphatic carbocycles. The number of carboxylic acid groups (broad SMARTS) is 2. The topological polar surface area (TPSA) is 263 Å². The number of hydrogen-bond acceptors (Lipinski definition) is 9. The van der Waals surface area contributed by atoms with Crippen molar-refractivity contribution >= 4 is 60.0 Å². The first-order valence-electron chi connectivity index (χ1n) is 13.2. The molecule has 0 saturated heterocycles. The van der Waals surface area contributed by atoms with Gasteiger partial charge < -0.3 is 42.5 Å². The first-order chi connectivity index (χ1) is 19.4. The number of primary amides is 1. The highest BCUT2D eigenvalue weighted by molar-refractivity contribution is 7.80. The van der Waals surface area contributed by atoms with E-state index < -0.39 is 102 Å². The zero-order valence-corrected chi connectivity index (χ0v) is 25.2. The summed E-state index contributed by atoms with van der Waals surface area (Å²) in [6.07, 6.45) is -1.73. The molecule has 0 radical (unpaired) electrons. The number of amides is 6. The van der Waals surface area contributed by atoms with Crippen molar-refractivity contribution in [3.8, 4) is 0 Å². The molecule has 5 atom stereocenters. The van der Waals surface area contributed by atoms with Crippen molar-refractivity contribution in [1.29, 1.82) is 0 Å². The Morgan fingerprint density at radius 2 is 1.00 bits per heavy atom. The molecule has 17 heteroatoms. The van der Waals surface area contributed by atoms with E-state index in [0.717, 1.165) is 0 Å². The van der Waals surface area contributed by atoms with Gasteiger partial charge >= 0.3 is 11.9 Å². The summed E-state index contributed by atoms with van der Waals surface area (Å²) in [5.41, 5.74) is 5.34. The molecule has 0 fully saturated rings. The highest BCUT2D eigenvalue weighted by Crippen LogP contribution is 2.09. The van der Waals surface area contributed by atoms with E-state index in [1.807, 2.05) is 0 Å². The predicted octanol–water partition coefficient (Wildman–Crippen LogP) is -2.11. The molecule has 0 unspecified atom stereocenters. The molecule has 0 heterocycles. The Bertz CT molecular complexity index is 1020. The van der Waals surface area contributed by atoms with Crippen LogP contribution in [0.2, 0.25) is 0 Å². The minimum absolute atomic E-state index is 0.122. The van der Waals surface area contributed by atoms with Crippen LogP contribution in [0.1, 0.15) is 60.3 Å². The van der Waals surface area contributed by atoms with Gasteiger partial charge in [0, 0.05) is 25.5 Å². The van der Waals surface area contributed by atoms with Gasteiger partial charge in [-0.2, -0.15) is 12.6 Å². The Hall–Kier alpha value is -3.89. The first-order valence-corrected chi connectivity index (χ1v) is 13.9. The summed E-state index contributed by atoms with van der Waals surface area (Å²) >= 11 is 4.00. The Morgan fingerprint density at radius 3 is 1.33 bits per heavy atom. The second-order valence-corrected chi connectivity index (χ2v) is 10.7. The molecule has 16 nitrogen and oxygen atoms in total. The molecule has 0 aromatic carbocycles. The lowest BCUT2D eigenvalue weighted by Crippen LogP contribution is -2.60. The predicted molar refractivity (Wildman–Crippen MR) is 152 cm³/mol. The molecule has 0 spiro atoms. The van der Waals surface area contributed by atoms with E-state index in [9.17, 15) is 38.4 Å². The van der Waals surface area contributed by atoms with E-state index in [1.165, 1.54) is 6.92 Å². The van der Waals surface area contributed by atoms with Crippen LogP contribution < -0.4 is 32.3 Å². The molecular formula is C25H42N6O10S. The second-order valence-electron chi connectivity index (χ2n) is 10.3. The van der Waals surface area contributed by atoms with Gasteiger partial charge in [-0.05, 0) is 24.7 Å². The summed E-state index contributed by atoms with van der Waals surface area (Å²) in [6, 6.07) is -6.37. The molecule has 0 aliphatic rings. The summed E-state index contributed by atoms with van der Waals surface area (Å²) < 4.78 is 0. The van der Waals surface area contributed by atoms with Crippen LogP contribution in [0.15, 0.2) is 0 Å². The van der Waals surface area contributed by atoms with Gasteiger partial charge in [0.2, 0.25) is 35.4 Å². The van der Waals surface area contributed by atoms with Crippen LogP contribution >= 0.6 is 12.6 Å². The van der Waals surface area contributed by atoms with E-state index in [1.54, 1.807) is 27.7 Å². The highest BCUT2D eigenvalue weighted by Gasteiger charge is 2.34. The van der Waals surface area contributed by atoms with Crippen LogP contribution in [-0.4, -0.2) is 93.6 Å². The summed E-state index contributed by atoms with van der Waals surface area (Å²) in [5, 5.41) is 30.2. The molecular weight excluding hydrogens is 576 g/mol. The molecule has 0 bridgehead atoms. The third kappa shape index (κ3) is 14.1. The quantitative estimate of drug-likeness (QED) is 0.0711. The highest BCUT2D eigenvalue weighted by atomic mass is 32.1. The summed E-state index contributed by atoms with van der Waals surface area (Å²) in [6.45, 7) is 7.55. The maximum atomic E-state index is 13.2. The monoisotopic (exact) mass is 618 g/mol. The SMILES string of the molecule is CC(=O)N[C@@H](CS)C(=O)N[C@@H](CCC(=O)O)C(=O)N[C@H](C(=O)N[C@@H](CCC(=O)O)C(=O)N[C@H](C(N)=O)C(C)C)C(C)C. The van der Waals surface area contributed by atoms with Gasteiger partial charge in [-0.3, -0.25) is 38.4 Å². The standard InChI is InChI=1S/C25H42N6O10S/c1-11(2)19(21(26)37)30-22(38)15(7-9-18(35)36)29-25(41)20(12(3)4)31-23(39)14(6-8-17(33)34)28-24(40)16(10-42)27-13(5)32/h11-12,14-16,19-20,42H,6-10H2,1-5H3,(H2,26,37)(H,27,32)(H,28,40)(H,29,41)(H,30,38)(H,31,39)(H,33,34)(H,35,36)/t14-,15-,16-,19-,20-/m0/s1. The minimum atomic E-state index is -1.42. The average molecular weight is 619 g/mol. The fourth-order valence-corrected chi connectivity index (χ4v) is 3.91. The number of rotatable bonds is 19. The third-order valence-electron chi connectivity index (χ3n) is 5.95. The second kappa shape index (κ2) is 18.5. The van der Waals surface area contributed by atoms with Crippen LogP contribution in [0.4, 0.5) is 0 Å². The van der Waals surface area contributed by atoms with E-state index in [-0.39, 0.29) is 18.6 Å². The van der Waals surface area contributed by atoms with Crippen LogP contribution in [0.25, 0.3) is 0 Å². The fraction of sp³-hybridized carbons (Fsp3) is 0.680. The summed E-state index contributed by atoms with van der Waals surface area (Å²) in [5.74, 6) is -8.46. The van der Waals surface area contributed by atoms with Gasteiger partial charge in [0.15, 0.2) is 0 Å². The van der Waals surface area contributed by atoms with Crippen molar-refractivity contribution in [2.24, 2.45) is 17.6 Å². The zero-order chi connectivity index (χ0) is 32.7. The maximum absolute atomic E-state index is 13.2. The van der Waals surface area contributed by atoms with Crippen molar-refractivity contribution in [1.82, 2.24) is 26.6 Å². The number of thiol groups is 1. The lowest BCUT2D eigenvalue weighted by molar-refractivity contribution is -0.139. The zero-order valence-electron chi connectivity index (χ0n) is 24.3. The Labute approximate surface area is 249 Å². The van der Waals surface area contributed by atoms with Crippen molar-refractivity contribution < 1.29 is 48.6 Å². The van der Waals surface area contributed by atoms with Gasteiger partial charge in [0.25, 0.3) is 0 Å². The lowest BCUT2D eigenvalue weighted by Gasteiger charge is -2.28. The molecule has 238 valence electrons. The summed E-state index contributed by atoms with van der Waals surface area (Å²) in [7, 11) is 0. The van der Waals surface area contributed by atoms with E-state index in [2.05, 4.69) is 39.2 Å². The minimum Gasteiger partial charge on any atom is -0.481 e. The fourth-order valence-electron chi connectivity index (χ4n) is 3.66. The number of carbonyl (C=O) groups excluding carboxylic acids is 6. The van der Waals surface area contributed by atoms with Crippen LogP contribution in [0.5, 0.6) is 0 Å². The van der Waals surface area contributed by atoms with Gasteiger partial charge in [0.05, 0.1) is 0 Å². The molecule has 42 heavy (non-hydrogen) atoms. The molecule has 0 aliphatic heterocycles. The van der Waals surface area contributed by atoms with Crippen molar-refractivity contribution in [2.45, 2.75) is 90.5 Å². The lowest BCUT2D eigenvalue weighted by atomic mass is 10.00. The smallest absolute Gasteiger partial charge is 0.303 e. The first kappa shape index (κ1) is 38.1. The largest absolute Gasteiger partial charge is 0.481 e. The molecule has 0 saturated carbocycles. The number of carbonyl (C=O) groups is 8. The van der Waals surface area contributed by atoms with Crippen molar-refractivity contribution in [2.75, 3.05) is 5.75 Å². The number of nitrogens with one attached hydrogen (secondary N) is 5. The van der Waals surface area contributed by atoms with Crippen molar-refractivity contribution in [3.63, 3.8) is 0 Å². The van der Waals surface area contributed by atoms with E-state index in [4.69, 9.17) is 15.9 Å². The number of aliphatic carboxylic acids is 2. The molecule has 6 amide bonds.